The molecule has 0 spiro atoms. The van der Waals surface area contributed by atoms with Crippen molar-refractivity contribution in [3.63, 3.8) is 0 Å². The van der Waals surface area contributed by atoms with E-state index in [1.807, 2.05) is 0 Å². The maximum absolute atomic E-state index is 11.2. The summed E-state index contributed by atoms with van der Waals surface area (Å²) in [5.41, 5.74) is 7.43. The van der Waals surface area contributed by atoms with Crippen molar-refractivity contribution in [3.05, 3.63) is 41.8 Å². The number of aliphatic hydroxyl groups is 1. The zero-order valence-corrected chi connectivity index (χ0v) is 13.7. The molecule has 8 nitrogen and oxygen atoms in total. The molecule has 0 saturated heterocycles. The smallest absolute Gasteiger partial charge is 0.314 e. The van der Waals surface area contributed by atoms with Gasteiger partial charge in [-0.05, 0) is 12.2 Å². The van der Waals surface area contributed by atoms with Gasteiger partial charge in [-0.2, -0.15) is 0 Å². The second kappa shape index (κ2) is 12.9. The summed E-state index contributed by atoms with van der Waals surface area (Å²) in [6, 6.07) is 0. The van der Waals surface area contributed by atoms with Crippen LogP contribution in [-0.4, -0.2) is 52.2 Å². The maximum Gasteiger partial charge on any atom is 0.314 e. The van der Waals surface area contributed by atoms with Gasteiger partial charge in [0.2, 0.25) is 0 Å². The van der Waals surface area contributed by atoms with Gasteiger partial charge in [0, 0.05) is 39.4 Å². The Kier molecular flexibility index (Phi) is 13.2. The number of aliphatic carboxylic acids is 2. The first kappa shape index (κ1) is 22.5. The summed E-state index contributed by atoms with van der Waals surface area (Å²) >= 11 is 0. The number of carbonyl (C=O) groups excluding carboxylic acids is 1. The molecule has 0 aliphatic heterocycles. The minimum Gasteiger partial charge on any atom is -0.675 e. The van der Waals surface area contributed by atoms with E-state index in [4.69, 9.17) is 21.1 Å². The number of nitrogens with one attached hydrogen (secondary N) is 2. The van der Waals surface area contributed by atoms with Crippen molar-refractivity contribution in [1.29, 1.82) is 0 Å². The molecule has 1 atom stereocenters. The van der Waals surface area contributed by atoms with Crippen LogP contribution in [0.1, 0.15) is 6.42 Å². The van der Waals surface area contributed by atoms with E-state index in [1.165, 1.54) is 6.08 Å². The number of hydrogen-bond donors (Lipinski definition) is 4. The molecule has 1 aliphatic rings. The molecule has 0 fully saturated rings. The molecule has 22 heavy (non-hydrogen) atoms. The summed E-state index contributed by atoms with van der Waals surface area (Å²) in [5.74, 6) is -2.68. The first-order valence-corrected chi connectivity index (χ1v) is 5.95. The van der Waals surface area contributed by atoms with Gasteiger partial charge in [-0.25, -0.2) is 0 Å². The normalized spacial score (nSPS) is 15.4. The van der Waals surface area contributed by atoms with Gasteiger partial charge in [-0.15, -0.1) is 6.54 Å². The topological polar surface area (TPSA) is 148 Å². The van der Waals surface area contributed by atoms with Crippen LogP contribution in [0.5, 0.6) is 0 Å². The van der Waals surface area contributed by atoms with Crippen LogP contribution in [0.4, 0.5) is 0 Å². The number of rotatable bonds is 6. The summed E-state index contributed by atoms with van der Waals surface area (Å²) in [4.78, 5) is 30.1. The van der Waals surface area contributed by atoms with Crippen LogP contribution in [0.2, 0.25) is 0 Å². The van der Waals surface area contributed by atoms with Crippen molar-refractivity contribution in [2.75, 3.05) is 13.1 Å². The molecule has 0 bridgehead atoms. The summed E-state index contributed by atoms with van der Waals surface area (Å²) in [6.07, 6.45) is 6.69. The molecule has 1 unspecified atom stereocenters. The fraction of sp³-hybridized carbons (Fsp3) is 0.308. The van der Waals surface area contributed by atoms with Crippen LogP contribution >= 0.6 is 0 Å². The molecule has 126 valence electrons. The van der Waals surface area contributed by atoms with Gasteiger partial charge in [0.05, 0.1) is 6.10 Å². The Bertz CT molecular complexity index is 461. The molecule has 0 aromatic carbocycles. The van der Waals surface area contributed by atoms with Gasteiger partial charge in [0.1, 0.15) is 6.42 Å². The second-order valence-electron chi connectivity index (χ2n) is 3.91. The Hall–Kier alpha value is -1.76. The van der Waals surface area contributed by atoms with E-state index in [-0.39, 0.29) is 39.9 Å². The van der Waals surface area contributed by atoms with E-state index < -0.39 is 24.5 Å². The molecular weight excluding hydrogens is 475 g/mol. The number of ketones is 1. The SMILES string of the molecule is O=C(O)CC(=O)O.[NH-]CC(O)CNC=C1C=CC=CC1=O.[Pt]. The van der Waals surface area contributed by atoms with Crippen LogP contribution in [0.3, 0.4) is 0 Å². The third-order valence-corrected chi connectivity index (χ3v) is 2.07. The number of carboxylic acid groups (broad SMARTS) is 2. The third-order valence-electron chi connectivity index (χ3n) is 2.07. The van der Waals surface area contributed by atoms with Gasteiger partial charge in [0.25, 0.3) is 0 Å². The largest absolute Gasteiger partial charge is 0.675 e. The number of hydrogen-bond acceptors (Lipinski definition) is 5. The molecule has 0 heterocycles. The molecule has 0 radical (unpaired) electrons. The van der Waals surface area contributed by atoms with Crippen molar-refractivity contribution in [2.24, 2.45) is 0 Å². The molecule has 0 amide bonds. The summed E-state index contributed by atoms with van der Waals surface area (Å²) in [6.45, 7) is 0.248. The van der Waals surface area contributed by atoms with Gasteiger partial charge in [-0.3, -0.25) is 14.4 Å². The molecule has 5 N–H and O–H groups in total. The molecular formula is C13H17N2O6Pt-. The van der Waals surface area contributed by atoms with E-state index in [9.17, 15) is 14.4 Å². The predicted octanol–water partition coefficient (Wildman–Crippen LogP) is 0.111. The molecule has 0 aromatic rings. The van der Waals surface area contributed by atoms with E-state index in [0.29, 0.717) is 5.57 Å². The first-order valence-electron chi connectivity index (χ1n) is 5.95. The molecule has 0 aromatic heterocycles. The van der Waals surface area contributed by atoms with Crippen LogP contribution in [-0.2, 0) is 35.4 Å². The minimum atomic E-state index is -1.31. The van der Waals surface area contributed by atoms with E-state index in [1.54, 1.807) is 24.4 Å². The number of carbonyl (C=O) groups is 3. The Morgan fingerprint density at radius 2 is 1.77 bits per heavy atom. The molecule has 1 aliphatic carbocycles. The monoisotopic (exact) mass is 492 g/mol. The first-order chi connectivity index (χ1) is 9.86. The van der Waals surface area contributed by atoms with E-state index >= 15 is 0 Å². The zero-order chi connectivity index (χ0) is 16.3. The Labute approximate surface area is 141 Å². The third kappa shape index (κ3) is 12.0. The molecule has 0 saturated carbocycles. The van der Waals surface area contributed by atoms with Crippen molar-refractivity contribution < 1.29 is 50.8 Å². The minimum absolute atomic E-state index is 0. The Balaban J connectivity index is 0. The number of carboxylic acids is 2. The Morgan fingerprint density at radius 3 is 2.18 bits per heavy atom. The van der Waals surface area contributed by atoms with Crippen LogP contribution in [0, 0.1) is 0 Å². The maximum atomic E-state index is 11.2. The average Bonchev–Trinajstić information content (AvgIpc) is 2.40. The second-order valence-corrected chi connectivity index (χ2v) is 3.91. The average molecular weight is 492 g/mol. The van der Waals surface area contributed by atoms with Gasteiger partial charge in [0.15, 0.2) is 5.78 Å². The van der Waals surface area contributed by atoms with Gasteiger partial charge in [-0.1, -0.05) is 12.2 Å². The van der Waals surface area contributed by atoms with Crippen molar-refractivity contribution >= 4 is 17.7 Å². The van der Waals surface area contributed by atoms with Crippen LogP contribution in [0.25, 0.3) is 5.73 Å². The number of allylic oxidation sites excluding steroid dienone is 5. The van der Waals surface area contributed by atoms with Crippen molar-refractivity contribution in [1.82, 2.24) is 5.32 Å². The van der Waals surface area contributed by atoms with Gasteiger partial charge < -0.3 is 26.4 Å². The quantitative estimate of drug-likeness (QED) is 0.304. The fourth-order valence-corrected chi connectivity index (χ4v) is 1.11. The molecule has 9 heteroatoms. The van der Waals surface area contributed by atoms with E-state index in [0.717, 1.165) is 0 Å². The fourth-order valence-electron chi connectivity index (χ4n) is 1.11. The summed E-state index contributed by atoms with van der Waals surface area (Å²) < 4.78 is 0. The van der Waals surface area contributed by atoms with Crippen LogP contribution in [0.15, 0.2) is 36.1 Å². The zero-order valence-electron chi connectivity index (χ0n) is 11.5. The van der Waals surface area contributed by atoms with Crippen molar-refractivity contribution in [2.45, 2.75) is 12.5 Å². The van der Waals surface area contributed by atoms with Crippen LogP contribution < -0.4 is 5.32 Å². The predicted molar refractivity (Wildman–Crippen MR) is 74.5 cm³/mol. The Morgan fingerprint density at radius 1 is 1.23 bits per heavy atom. The van der Waals surface area contributed by atoms with Gasteiger partial charge >= 0.3 is 11.9 Å². The summed E-state index contributed by atoms with van der Waals surface area (Å²) in [5, 5.41) is 27.3. The molecule has 1 rings (SSSR count). The van der Waals surface area contributed by atoms with Crippen molar-refractivity contribution in [3.8, 4) is 0 Å². The standard InChI is InChI=1S/C10H13N2O2.C3H4O4.Pt/c11-5-9(13)7-12-6-8-3-1-2-4-10(8)14;4-2(5)1-3(6)7;/h1-4,6,9,11-13H,5,7H2;1H2,(H,4,5)(H,6,7);/q-1;;. The summed E-state index contributed by atoms with van der Waals surface area (Å²) in [7, 11) is 0. The number of aliphatic hydroxyl groups excluding tert-OH is 1. The van der Waals surface area contributed by atoms with E-state index in [2.05, 4.69) is 5.32 Å².